The van der Waals surface area contributed by atoms with Gasteiger partial charge < -0.3 is 4.74 Å². The third-order valence-electron chi connectivity index (χ3n) is 0.862. The maximum Gasteiger partial charge on any atom is 0.0934 e. The van der Waals surface area contributed by atoms with Crippen molar-refractivity contribution in [3.63, 3.8) is 0 Å². The molecule has 1 aliphatic rings. The molecule has 1 rings (SSSR count). The van der Waals surface area contributed by atoms with Gasteiger partial charge in [0.1, 0.15) is 0 Å². The summed E-state index contributed by atoms with van der Waals surface area (Å²) in [5.41, 5.74) is 0. The van der Waals surface area contributed by atoms with Gasteiger partial charge in [0.25, 0.3) is 0 Å². The summed E-state index contributed by atoms with van der Waals surface area (Å²) in [7, 11) is 0. The SMILES string of the molecule is CC.CC1C=COC1. The first-order chi connectivity index (χ1) is 3.89. The Morgan fingerprint density at radius 1 is 1.50 bits per heavy atom. The molecule has 1 heterocycles. The van der Waals surface area contributed by atoms with Gasteiger partial charge in [-0.05, 0) is 6.08 Å². The third-order valence-corrected chi connectivity index (χ3v) is 0.862. The molecular weight excluding hydrogens is 100 g/mol. The van der Waals surface area contributed by atoms with Crippen LogP contribution in [0.5, 0.6) is 0 Å². The lowest BCUT2D eigenvalue weighted by Gasteiger charge is -1.90. The van der Waals surface area contributed by atoms with Crippen molar-refractivity contribution < 1.29 is 4.74 Å². The normalized spacial score (nSPS) is 23.6. The van der Waals surface area contributed by atoms with Gasteiger partial charge in [-0.3, -0.25) is 0 Å². The standard InChI is InChI=1S/C5H8O.C2H6/c1-5-2-3-6-4-5;1-2/h2-3,5H,4H2,1H3;1-2H3. The van der Waals surface area contributed by atoms with Gasteiger partial charge >= 0.3 is 0 Å². The summed E-state index contributed by atoms with van der Waals surface area (Å²) < 4.78 is 4.88. The molecule has 0 aromatic heterocycles. The number of hydrogen-bond donors (Lipinski definition) is 0. The second-order valence-electron chi connectivity index (χ2n) is 1.64. The highest BCUT2D eigenvalue weighted by Crippen LogP contribution is 2.04. The minimum Gasteiger partial charge on any atom is -0.501 e. The van der Waals surface area contributed by atoms with E-state index in [1.807, 2.05) is 13.8 Å². The summed E-state index contributed by atoms with van der Waals surface area (Å²) in [6, 6.07) is 0. The van der Waals surface area contributed by atoms with Gasteiger partial charge in [0.05, 0.1) is 12.9 Å². The second kappa shape index (κ2) is 4.69. The maximum absolute atomic E-state index is 4.88. The number of hydrogen-bond acceptors (Lipinski definition) is 1. The topological polar surface area (TPSA) is 9.23 Å². The third kappa shape index (κ3) is 2.67. The van der Waals surface area contributed by atoms with E-state index in [2.05, 4.69) is 13.0 Å². The summed E-state index contributed by atoms with van der Waals surface area (Å²) in [4.78, 5) is 0. The Hall–Kier alpha value is -0.460. The minimum atomic E-state index is 0.644. The lowest BCUT2D eigenvalue weighted by molar-refractivity contribution is 0.255. The summed E-state index contributed by atoms with van der Waals surface area (Å²) >= 11 is 0. The summed E-state index contributed by atoms with van der Waals surface area (Å²) in [5, 5.41) is 0. The van der Waals surface area contributed by atoms with Crippen LogP contribution in [0.3, 0.4) is 0 Å². The zero-order chi connectivity index (χ0) is 6.41. The van der Waals surface area contributed by atoms with Gasteiger partial charge in [0.15, 0.2) is 0 Å². The molecule has 1 nitrogen and oxygen atoms in total. The molecule has 0 bridgehead atoms. The van der Waals surface area contributed by atoms with Gasteiger partial charge in [-0.2, -0.15) is 0 Å². The zero-order valence-corrected chi connectivity index (χ0v) is 5.85. The molecule has 0 fully saturated rings. The molecule has 0 amide bonds. The molecule has 0 aliphatic carbocycles. The molecule has 8 heavy (non-hydrogen) atoms. The fraction of sp³-hybridized carbons (Fsp3) is 0.714. The zero-order valence-electron chi connectivity index (χ0n) is 5.85. The predicted octanol–water partition coefficient (Wildman–Crippen LogP) is 2.19. The first-order valence-corrected chi connectivity index (χ1v) is 3.18. The lowest BCUT2D eigenvalue weighted by Crippen LogP contribution is -1.88. The van der Waals surface area contributed by atoms with Crippen molar-refractivity contribution in [1.82, 2.24) is 0 Å². The van der Waals surface area contributed by atoms with E-state index >= 15 is 0 Å². The van der Waals surface area contributed by atoms with Crippen LogP contribution in [0, 0.1) is 5.92 Å². The van der Waals surface area contributed by atoms with E-state index < -0.39 is 0 Å². The highest BCUT2D eigenvalue weighted by atomic mass is 16.5. The van der Waals surface area contributed by atoms with E-state index in [9.17, 15) is 0 Å². The monoisotopic (exact) mass is 114 g/mol. The van der Waals surface area contributed by atoms with Gasteiger partial charge in [0, 0.05) is 5.92 Å². The van der Waals surface area contributed by atoms with Crippen molar-refractivity contribution in [2.24, 2.45) is 5.92 Å². The maximum atomic E-state index is 4.88. The average molecular weight is 114 g/mol. The van der Waals surface area contributed by atoms with Crippen LogP contribution in [0.4, 0.5) is 0 Å². The Morgan fingerprint density at radius 3 is 2.25 bits per heavy atom. The summed E-state index contributed by atoms with van der Waals surface area (Å²) in [6.07, 6.45) is 3.81. The molecule has 0 spiro atoms. The van der Waals surface area contributed by atoms with Crippen LogP contribution < -0.4 is 0 Å². The van der Waals surface area contributed by atoms with Crippen molar-refractivity contribution in [3.05, 3.63) is 12.3 Å². The van der Waals surface area contributed by atoms with E-state index in [0.29, 0.717) is 5.92 Å². The highest BCUT2D eigenvalue weighted by molar-refractivity contribution is 4.85. The van der Waals surface area contributed by atoms with Crippen molar-refractivity contribution in [2.75, 3.05) is 6.61 Å². The smallest absolute Gasteiger partial charge is 0.0934 e. The molecule has 0 aromatic carbocycles. The quantitative estimate of drug-likeness (QED) is 0.469. The number of ether oxygens (including phenoxy) is 1. The van der Waals surface area contributed by atoms with E-state index in [0.717, 1.165) is 6.61 Å². The molecule has 1 atom stereocenters. The van der Waals surface area contributed by atoms with Crippen LogP contribution in [-0.4, -0.2) is 6.61 Å². The van der Waals surface area contributed by atoms with E-state index in [4.69, 9.17) is 4.74 Å². The minimum absolute atomic E-state index is 0.644. The van der Waals surface area contributed by atoms with Crippen LogP contribution in [-0.2, 0) is 4.74 Å². The van der Waals surface area contributed by atoms with Crippen LogP contribution >= 0.6 is 0 Å². The summed E-state index contributed by atoms with van der Waals surface area (Å²) in [6.45, 7) is 7.00. The molecule has 0 saturated carbocycles. The van der Waals surface area contributed by atoms with Gasteiger partial charge in [-0.1, -0.05) is 20.8 Å². The van der Waals surface area contributed by atoms with E-state index in [-0.39, 0.29) is 0 Å². The van der Waals surface area contributed by atoms with E-state index in [1.54, 1.807) is 6.26 Å². The fourth-order valence-corrected chi connectivity index (χ4v) is 0.453. The first-order valence-electron chi connectivity index (χ1n) is 3.18. The Labute approximate surface area is 51.4 Å². The molecule has 0 saturated heterocycles. The molecule has 1 aliphatic heterocycles. The molecule has 0 aromatic rings. The van der Waals surface area contributed by atoms with Crippen LogP contribution in [0.25, 0.3) is 0 Å². The van der Waals surface area contributed by atoms with Crippen LogP contribution in [0.1, 0.15) is 20.8 Å². The van der Waals surface area contributed by atoms with Crippen molar-refractivity contribution in [2.45, 2.75) is 20.8 Å². The molecular formula is C7H14O. The lowest BCUT2D eigenvalue weighted by atomic mass is 10.2. The van der Waals surface area contributed by atoms with Gasteiger partial charge in [-0.25, -0.2) is 0 Å². The van der Waals surface area contributed by atoms with E-state index in [1.165, 1.54) is 0 Å². The van der Waals surface area contributed by atoms with Gasteiger partial charge in [0.2, 0.25) is 0 Å². The second-order valence-corrected chi connectivity index (χ2v) is 1.64. The van der Waals surface area contributed by atoms with Crippen LogP contribution in [0.15, 0.2) is 12.3 Å². The molecule has 0 N–H and O–H groups in total. The highest BCUT2D eigenvalue weighted by Gasteiger charge is 1.99. The van der Waals surface area contributed by atoms with Gasteiger partial charge in [-0.15, -0.1) is 0 Å². The Kier molecular flexibility index (Phi) is 4.42. The molecule has 1 heteroatoms. The van der Waals surface area contributed by atoms with Crippen LogP contribution in [0.2, 0.25) is 0 Å². The van der Waals surface area contributed by atoms with Crippen molar-refractivity contribution in [1.29, 1.82) is 0 Å². The Bertz CT molecular complexity index is 66.8. The average Bonchev–Trinajstić information content (AvgIpc) is 2.24. The predicted molar refractivity (Wildman–Crippen MR) is 35.6 cm³/mol. The van der Waals surface area contributed by atoms with Crippen molar-refractivity contribution in [3.8, 4) is 0 Å². The Balaban J connectivity index is 0.000000222. The first kappa shape index (κ1) is 7.54. The summed E-state index contributed by atoms with van der Waals surface area (Å²) in [5.74, 6) is 0.644. The molecule has 48 valence electrons. The molecule has 1 unspecified atom stereocenters. The Morgan fingerprint density at radius 2 is 2.12 bits per heavy atom. The fourth-order valence-electron chi connectivity index (χ4n) is 0.453. The number of rotatable bonds is 0. The van der Waals surface area contributed by atoms with Crippen molar-refractivity contribution >= 4 is 0 Å². The molecule has 0 radical (unpaired) electrons. The largest absolute Gasteiger partial charge is 0.501 e.